The van der Waals surface area contributed by atoms with Gasteiger partial charge in [-0.1, -0.05) is 12.8 Å². The Hall–Kier alpha value is -0.220. The molecule has 1 amide bonds. The number of carbonyl (C=O) groups is 1. The maximum atomic E-state index is 12.6. The maximum Gasteiger partial charge on any atom is 0.226 e. The van der Waals surface area contributed by atoms with E-state index in [0.29, 0.717) is 24.4 Å². The van der Waals surface area contributed by atoms with Crippen LogP contribution in [0.25, 0.3) is 0 Å². The largest absolute Gasteiger partial charge is 0.338 e. The third kappa shape index (κ3) is 2.97. The summed E-state index contributed by atoms with van der Waals surface area (Å²) >= 11 is 1.96. The Balaban J connectivity index is 2.01. The molecule has 2 N–H and O–H groups in total. The molecule has 1 saturated heterocycles. The maximum absolute atomic E-state index is 12.6. The van der Waals surface area contributed by atoms with Gasteiger partial charge in [-0.3, -0.25) is 4.79 Å². The molecule has 0 bridgehead atoms. The van der Waals surface area contributed by atoms with Crippen LogP contribution in [-0.2, 0) is 4.79 Å². The Morgan fingerprint density at radius 2 is 2.18 bits per heavy atom. The number of carbonyl (C=O) groups excluding carboxylic acids is 1. The summed E-state index contributed by atoms with van der Waals surface area (Å²) in [4.78, 5) is 14.7. The van der Waals surface area contributed by atoms with Gasteiger partial charge in [0.15, 0.2) is 0 Å². The first-order valence-corrected chi connectivity index (χ1v) is 7.97. The quantitative estimate of drug-likeness (QED) is 0.818. The summed E-state index contributed by atoms with van der Waals surface area (Å²) in [6.45, 7) is 3.77. The fourth-order valence-electron chi connectivity index (χ4n) is 3.08. The van der Waals surface area contributed by atoms with Crippen molar-refractivity contribution in [2.75, 3.05) is 24.6 Å². The van der Waals surface area contributed by atoms with Crippen molar-refractivity contribution in [2.24, 2.45) is 17.6 Å². The van der Waals surface area contributed by atoms with E-state index >= 15 is 0 Å². The zero-order chi connectivity index (χ0) is 12.3. The molecule has 4 heteroatoms. The van der Waals surface area contributed by atoms with Crippen LogP contribution in [-0.4, -0.2) is 41.4 Å². The molecule has 3 nitrogen and oxygen atoms in total. The van der Waals surface area contributed by atoms with Crippen LogP contribution < -0.4 is 5.73 Å². The van der Waals surface area contributed by atoms with Crippen LogP contribution in [0.15, 0.2) is 0 Å². The van der Waals surface area contributed by atoms with Gasteiger partial charge in [0.2, 0.25) is 5.91 Å². The first kappa shape index (κ1) is 13.2. The van der Waals surface area contributed by atoms with Gasteiger partial charge in [-0.15, -0.1) is 0 Å². The fraction of sp³-hybridized carbons (Fsp3) is 0.923. The topological polar surface area (TPSA) is 46.3 Å². The number of nitrogens with zero attached hydrogens (tertiary/aromatic N) is 1. The van der Waals surface area contributed by atoms with Crippen molar-refractivity contribution in [1.29, 1.82) is 0 Å². The third-order valence-corrected chi connectivity index (χ3v) is 5.37. The van der Waals surface area contributed by atoms with Crippen LogP contribution in [0, 0.1) is 11.8 Å². The Labute approximate surface area is 108 Å². The Kier molecular flexibility index (Phi) is 4.74. The minimum absolute atomic E-state index is 0.208. The lowest BCUT2D eigenvalue weighted by atomic mass is 9.78. The number of hydrogen-bond donors (Lipinski definition) is 1. The molecule has 17 heavy (non-hydrogen) atoms. The van der Waals surface area contributed by atoms with E-state index in [1.807, 2.05) is 11.8 Å². The van der Waals surface area contributed by atoms with Crippen molar-refractivity contribution in [3.8, 4) is 0 Å². The average molecular weight is 256 g/mol. The van der Waals surface area contributed by atoms with Gasteiger partial charge in [-0.2, -0.15) is 11.8 Å². The molecule has 0 aromatic carbocycles. The predicted molar refractivity (Wildman–Crippen MR) is 73.0 cm³/mol. The van der Waals surface area contributed by atoms with E-state index < -0.39 is 0 Å². The van der Waals surface area contributed by atoms with Crippen molar-refractivity contribution in [1.82, 2.24) is 4.90 Å². The van der Waals surface area contributed by atoms with E-state index in [-0.39, 0.29) is 5.92 Å². The smallest absolute Gasteiger partial charge is 0.226 e. The summed E-state index contributed by atoms with van der Waals surface area (Å²) in [7, 11) is 0. The molecule has 1 heterocycles. The van der Waals surface area contributed by atoms with Crippen molar-refractivity contribution in [3.05, 3.63) is 0 Å². The molecule has 98 valence electrons. The highest BCUT2D eigenvalue weighted by Gasteiger charge is 2.35. The molecule has 1 aliphatic carbocycles. The minimum atomic E-state index is 0.208. The van der Waals surface area contributed by atoms with Gasteiger partial charge < -0.3 is 10.6 Å². The highest BCUT2D eigenvalue weighted by Crippen LogP contribution is 2.32. The normalized spacial score (nSPS) is 34.7. The summed E-state index contributed by atoms with van der Waals surface area (Å²) in [5.74, 6) is 3.20. The zero-order valence-corrected chi connectivity index (χ0v) is 11.5. The molecule has 0 aromatic heterocycles. The lowest BCUT2D eigenvalue weighted by Gasteiger charge is -2.39. The molecule has 3 atom stereocenters. The van der Waals surface area contributed by atoms with E-state index in [9.17, 15) is 4.79 Å². The second kappa shape index (κ2) is 6.10. The summed E-state index contributed by atoms with van der Waals surface area (Å²) in [5.41, 5.74) is 5.82. The highest BCUT2D eigenvalue weighted by molar-refractivity contribution is 7.99. The van der Waals surface area contributed by atoms with Crippen LogP contribution in [0.1, 0.15) is 32.6 Å². The zero-order valence-electron chi connectivity index (χ0n) is 10.7. The third-order valence-electron chi connectivity index (χ3n) is 4.18. The standard InChI is InChI=1S/C13H24N2OS/c1-10-9-17-7-6-15(10)13(16)12-5-3-2-4-11(12)8-14/h10-12H,2-9,14H2,1H3. The monoisotopic (exact) mass is 256 g/mol. The van der Waals surface area contributed by atoms with Crippen LogP contribution in [0.2, 0.25) is 0 Å². The number of amides is 1. The van der Waals surface area contributed by atoms with Crippen molar-refractivity contribution >= 4 is 17.7 Å². The van der Waals surface area contributed by atoms with Gasteiger partial charge in [-0.05, 0) is 32.2 Å². The lowest BCUT2D eigenvalue weighted by molar-refractivity contribution is -0.140. The highest BCUT2D eigenvalue weighted by atomic mass is 32.2. The lowest BCUT2D eigenvalue weighted by Crippen LogP contribution is -2.49. The van der Waals surface area contributed by atoms with Crippen LogP contribution >= 0.6 is 11.8 Å². The second-order valence-corrected chi connectivity index (χ2v) is 6.49. The van der Waals surface area contributed by atoms with Gasteiger partial charge in [-0.25, -0.2) is 0 Å². The Bertz CT molecular complexity index is 272. The second-order valence-electron chi connectivity index (χ2n) is 5.34. The van der Waals surface area contributed by atoms with E-state index in [0.717, 1.165) is 30.9 Å². The molecule has 2 aliphatic rings. The molecular weight excluding hydrogens is 232 g/mol. The van der Waals surface area contributed by atoms with Gasteiger partial charge in [0.25, 0.3) is 0 Å². The van der Waals surface area contributed by atoms with Crippen LogP contribution in [0.3, 0.4) is 0 Å². The van der Waals surface area contributed by atoms with Crippen LogP contribution in [0.5, 0.6) is 0 Å². The molecule has 1 aliphatic heterocycles. The van der Waals surface area contributed by atoms with Crippen molar-refractivity contribution in [3.63, 3.8) is 0 Å². The minimum Gasteiger partial charge on any atom is -0.338 e. The van der Waals surface area contributed by atoms with E-state index in [1.54, 1.807) is 0 Å². The molecule has 2 rings (SSSR count). The van der Waals surface area contributed by atoms with Gasteiger partial charge in [0.1, 0.15) is 0 Å². The first-order valence-electron chi connectivity index (χ1n) is 6.82. The molecular formula is C13H24N2OS. The molecule has 0 aromatic rings. The fourth-order valence-corrected chi connectivity index (χ4v) is 4.10. The molecule has 3 unspecified atom stereocenters. The van der Waals surface area contributed by atoms with E-state index in [2.05, 4.69) is 11.8 Å². The van der Waals surface area contributed by atoms with Crippen LogP contribution in [0.4, 0.5) is 0 Å². The average Bonchev–Trinajstić information content (AvgIpc) is 2.38. The number of hydrogen-bond acceptors (Lipinski definition) is 3. The molecule has 0 radical (unpaired) electrons. The van der Waals surface area contributed by atoms with Gasteiger partial charge in [0, 0.05) is 30.0 Å². The Morgan fingerprint density at radius 1 is 1.41 bits per heavy atom. The Morgan fingerprint density at radius 3 is 2.88 bits per heavy atom. The summed E-state index contributed by atoms with van der Waals surface area (Å²) < 4.78 is 0. The number of nitrogens with two attached hydrogens (primary N) is 1. The number of rotatable bonds is 2. The molecule has 0 spiro atoms. The van der Waals surface area contributed by atoms with Crippen molar-refractivity contribution in [2.45, 2.75) is 38.6 Å². The summed E-state index contributed by atoms with van der Waals surface area (Å²) in [6, 6.07) is 0.404. The summed E-state index contributed by atoms with van der Waals surface area (Å²) in [5, 5.41) is 0. The first-order chi connectivity index (χ1) is 8.24. The van der Waals surface area contributed by atoms with Gasteiger partial charge in [0.05, 0.1) is 0 Å². The molecule has 2 fully saturated rings. The van der Waals surface area contributed by atoms with E-state index in [4.69, 9.17) is 5.73 Å². The van der Waals surface area contributed by atoms with E-state index in [1.165, 1.54) is 12.8 Å². The predicted octanol–water partition coefficient (Wildman–Crippen LogP) is 1.72. The summed E-state index contributed by atoms with van der Waals surface area (Å²) in [6.07, 6.45) is 4.64. The van der Waals surface area contributed by atoms with Crippen molar-refractivity contribution < 1.29 is 4.79 Å². The SMILES string of the molecule is CC1CSCCN1C(=O)C1CCCCC1CN. The molecule has 1 saturated carbocycles. The number of thioether (sulfide) groups is 1. The van der Waals surface area contributed by atoms with Gasteiger partial charge >= 0.3 is 0 Å².